The first-order chi connectivity index (χ1) is 12.1. The van der Waals surface area contributed by atoms with Crippen LogP contribution in [-0.4, -0.2) is 22.0 Å². The molecule has 3 rings (SSSR count). The van der Waals surface area contributed by atoms with E-state index in [-0.39, 0.29) is 11.8 Å². The summed E-state index contributed by atoms with van der Waals surface area (Å²) in [6, 6.07) is 8.07. The Bertz CT molecular complexity index is 722. The molecule has 0 unspecified atom stereocenters. The minimum absolute atomic E-state index is 0.0508. The quantitative estimate of drug-likeness (QED) is 0.847. The fraction of sp³-hybridized carbons (Fsp3) is 0.500. The van der Waals surface area contributed by atoms with E-state index in [0.717, 1.165) is 42.9 Å². The largest absolute Gasteiger partial charge is 0.330 e. The highest BCUT2D eigenvalue weighted by molar-refractivity contribution is 5.93. The first-order valence-corrected chi connectivity index (χ1v) is 9.19. The van der Waals surface area contributed by atoms with Gasteiger partial charge in [0.15, 0.2) is 0 Å². The maximum absolute atomic E-state index is 12.6. The SMILES string of the molecule is CC(C)c1nccn1Cc1cccc(NC(=O)[C@@H]2CCC[C@@H]2CN)c1. The van der Waals surface area contributed by atoms with Crippen LogP contribution in [0.15, 0.2) is 36.7 Å². The highest BCUT2D eigenvalue weighted by atomic mass is 16.1. The molecule has 1 aliphatic carbocycles. The zero-order chi connectivity index (χ0) is 17.8. The van der Waals surface area contributed by atoms with Crippen LogP contribution in [0.2, 0.25) is 0 Å². The molecule has 5 nitrogen and oxygen atoms in total. The third-order valence-corrected chi connectivity index (χ3v) is 5.11. The van der Waals surface area contributed by atoms with Crippen LogP contribution in [0.25, 0.3) is 0 Å². The van der Waals surface area contributed by atoms with Crippen LogP contribution in [0.1, 0.15) is 50.4 Å². The van der Waals surface area contributed by atoms with Crippen LogP contribution < -0.4 is 11.1 Å². The van der Waals surface area contributed by atoms with Gasteiger partial charge in [0.2, 0.25) is 5.91 Å². The van der Waals surface area contributed by atoms with Crippen molar-refractivity contribution in [2.75, 3.05) is 11.9 Å². The van der Waals surface area contributed by atoms with Gasteiger partial charge in [-0.05, 0) is 43.0 Å². The van der Waals surface area contributed by atoms with Crippen LogP contribution in [-0.2, 0) is 11.3 Å². The van der Waals surface area contributed by atoms with Crippen molar-refractivity contribution in [1.29, 1.82) is 0 Å². The van der Waals surface area contributed by atoms with Crippen molar-refractivity contribution in [2.24, 2.45) is 17.6 Å². The van der Waals surface area contributed by atoms with E-state index >= 15 is 0 Å². The summed E-state index contributed by atoms with van der Waals surface area (Å²) in [7, 11) is 0. The minimum Gasteiger partial charge on any atom is -0.330 e. The number of nitrogens with zero attached hydrogens (tertiary/aromatic N) is 2. The Labute approximate surface area is 149 Å². The van der Waals surface area contributed by atoms with E-state index in [1.807, 2.05) is 24.5 Å². The molecule has 0 saturated heterocycles. The Hall–Kier alpha value is -2.14. The number of rotatable bonds is 6. The molecule has 1 aromatic carbocycles. The number of imidazole rings is 1. The lowest BCUT2D eigenvalue weighted by molar-refractivity contribution is -0.120. The number of benzene rings is 1. The number of aromatic nitrogens is 2. The number of carbonyl (C=O) groups excluding carboxylic acids is 1. The van der Waals surface area contributed by atoms with Gasteiger partial charge in [-0.25, -0.2) is 4.98 Å². The van der Waals surface area contributed by atoms with E-state index in [2.05, 4.69) is 40.8 Å². The third-order valence-electron chi connectivity index (χ3n) is 5.11. The summed E-state index contributed by atoms with van der Waals surface area (Å²) in [6.07, 6.45) is 6.95. The summed E-state index contributed by atoms with van der Waals surface area (Å²) in [5.74, 6) is 1.94. The number of amides is 1. The zero-order valence-electron chi connectivity index (χ0n) is 15.1. The second-order valence-electron chi connectivity index (χ2n) is 7.29. The van der Waals surface area contributed by atoms with Crippen molar-refractivity contribution >= 4 is 11.6 Å². The Morgan fingerprint density at radius 2 is 2.24 bits per heavy atom. The lowest BCUT2D eigenvalue weighted by Crippen LogP contribution is -2.29. The number of hydrogen-bond acceptors (Lipinski definition) is 3. The highest BCUT2D eigenvalue weighted by Gasteiger charge is 2.31. The fourth-order valence-corrected chi connectivity index (χ4v) is 3.80. The molecule has 1 saturated carbocycles. The topological polar surface area (TPSA) is 72.9 Å². The molecule has 0 radical (unpaired) electrons. The monoisotopic (exact) mass is 340 g/mol. The molecule has 0 aliphatic heterocycles. The Balaban J connectivity index is 1.69. The smallest absolute Gasteiger partial charge is 0.227 e. The van der Waals surface area contributed by atoms with E-state index in [0.29, 0.717) is 18.4 Å². The molecule has 1 fully saturated rings. The van der Waals surface area contributed by atoms with Crippen molar-refractivity contribution in [2.45, 2.75) is 45.6 Å². The molecular weight excluding hydrogens is 312 g/mol. The maximum Gasteiger partial charge on any atom is 0.227 e. The molecule has 1 heterocycles. The number of nitrogens with one attached hydrogen (secondary N) is 1. The van der Waals surface area contributed by atoms with Crippen LogP contribution >= 0.6 is 0 Å². The summed E-state index contributed by atoms with van der Waals surface area (Å²) in [5, 5.41) is 3.09. The normalized spacial score (nSPS) is 20.2. The summed E-state index contributed by atoms with van der Waals surface area (Å²) in [5.41, 5.74) is 7.82. The summed E-state index contributed by atoms with van der Waals surface area (Å²) >= 11 is 0. The third kappa shape index (κ3) is 4.10. The number of nitrogens with two attached hydrogens (primary N) is 1. The van der Waals surface area contributed by atoms with Crippen molar-refractivity contribution in [3.05, 3.63) is 48.0 Å². The molecule has 2 atom stereocenters. The van der Waals surface area contributed by atoms with Gasteiger partial charge in [-0.15, -0.1) is 0 Å². The van der Waals surface area contributed by atoms with Gasteiger partial charge in [0.25, 0.3) is 0 Å². The zero-order valence-corrected chi connectivity index (χ0v) is 15.1. The van der Waals surface area contributed by atoms with Gasteiger partial charge in [-0.3, -0.25) is 4.79 Å². The molecule has 0 spiro atoms. The van der Waals surface area contributed by atoms with E-state index < -0.39 is 0 Å². The standard InChI is InChI=1S/C20H28N4O/c1-14(2)19-22-9-10-24(19)13-15-5-3-7-17(11-15)23-20(25)18-8-4-6-16(18)12-21/h3,5,7,9-11,14,16,18H,4,6,8,12-13,21H2,1-2H3,(H,23,25)/t16-,18-/m1/s1. The summed E-state index contributed by atoms with van der Waals surface area (Å²) in [4.78, 5) is 17.0. The Morgan fingerprint density at radius 1 is 1.40 bits per heavy atom. The predicted molar refractivity (Wildman–Crippen MR) is 100 cm³/mol. The maximum atomic E-state index is 12.6. The van der Waals surface area contributed by atoms with Gasteiger partial charge in [-0.1, -0.05) is 32.4 Å². The average Bonchev–Trinajstić information content (AvgIpc) is 3.23. The molecule has 1 aromatic heterocycles. The second kappa shape index (κ2) is 7.83. The van der Waals surface area contributed by atoms with Gasteiger partial charge >= 0.3 is 0 Å². The van der Waals surface area contributed by atoms with Gasteiger partial charge in [0.1, 0.15) is 5.82 Å². The minimum atomic E-state index is 0.0508. The fourth-order valence-electron chi connectivity index (χ4n) is 3.80. The van der Waals surface area contributed by atoms with Gasteiger partial charge in [0, 0.05) is 36.5 Å². The molecule has 25 heavy (non-hydrogen) atoms. The first kappa shape index (κ1) is 17.7. The first-order valence-electron chi connectivity index (χ1n) is 9.19. The second-order valence-corrected chi connectivity index (χ2v) is 7.29. The summed E-state index contributed by atoms with van der Waals surface area (Å²) in [6.45, 7) is 5.64. The van der Waals surface area contributed by atoms with Gasteiger partial charge < -0.3 is 15.6 Å². The molecule has 3 N–H and O–H groups in total. The molecule has 134 valence electrons. The van der Waals surface area contributed by atoms with Crippen LogP contribution in [0.4, 0.5) is 5.69 Å². The van der Waals surface area contributed by atoms with Crippen molar-refractivity contribution in [3.63, 3.8) is 0 Å². The van der Waals surface area contributed by atoms with E-state index in [1.54, 1.807) is 0 Å². The predicted octanol–water partition coefficient (Wildman–Crippen LogP) is 3.37. The molecule has 5 heteroatoms. The molecular formula is C20H28N4O. The lowest BCUT2D eigenvalue weighted by Gasteiger charge is -2.18. The van der Waals surface area contributed by atoms with E-state index in [9.17, 15) is 4.79 Å². The van der Waals surface area contributed by atoms with Crippen molar-refractivity contribution in [3.8, 4) is 0 Å². The Morgan fingerprint density at radius 3 is 3.00 bits per heavy atom. The van der Waals surface area contributed by atoms with Crippen LogP contribution in [0, 0.1) is 11.8 Å². The van der Waals surface area contributed by atoms with Gasteiger partial charge in [-0.2, -0.15) is 0 Å². The van der Waals surface area contributed by atoms with Crippen molar-refractivity contribution in [1.82, 2.24) is 9.55 Å². The summed E-state index contributed by atoms with van der Waals surface area (Å²) < 4.78 is 2.16. The average molecular weight is 340 g/mol. The molecule has 1 amide bonds. The number of anilines is 1. The van der Waals surface area contributed by atoms with E-state index in [1.165, 1.54) is 0 Å². The van der Waals surface area contributed by atoms with Crippen LogP contribution in [0.3, 0.4) is 0 Å². The highest BCUT2D eigenvalue weighted by Crippen LogP contribution is 2.32. The number of hydrogen-bond donors (Lipinski definition) is 2. The van der Waals surface area contributed by atoms with Crippen LogP contribution in [0.5, 0.6) is 0 Å². The van der Waals surface area contributed by atoms with Gasteiger partial charge in [0.05, 0.1) is 0 Å². The lowest BCUT2D eigenvalue weighted by atomic mass is 9.95. The Kier molecular flexibility index (Phi) is 5.53. The van der Waals surface area contributed by atoms with Crippen molar-refractivity contribution < 1.29 is 4.79 Å². The van der Waals surface area contributed by atoms with E-state index in [4.69, 9.17) is 5.73 Å². The number of carbonyl (C=O) groups is 1. The molecule has 0 bridgehead atoms. The molecule has 2 aromatic rings. The molecule has 1 aliphatic rings.